The lowest BCUT2D eigenvalue weighted by Crippen LogP contribution is -2.45. The molecule has 1 saturated heterocycles. The molecular formula is C20H24ClN5O. The zero-order chi connectivity index (χ0) is 17.8. The van der Waals surface area contributed by atoms with Crippen molar-refractivity contribution in [3.05, 3.63) is 72.1 Å². The molecule has 7 heteroatoms. The summed E-state index contributed by atoms with van der Waals surface area (Å²) in [5.41, 5.74) is 3.15. The van der Waals surface area contributed by atoms with Gasteiger partial charge in [0, 0.05) is 31.7 Å². The molecule has 1 aliphatic rings. The van der Waals surface area contributed by atoms with E-state index in [1.165, 1.54) is 5.56 Å². The van der Waals surface area contributed by atoms with Crippen LogP contribution in [0.15, 0.2) is 60.8 Å². The Morgan fingerprint density at radius 2 is 1.89 bits per heavy atom. The second-order valence-corrected chi connectivity index (χ2v) is 6.39. The van der Waals surface area contributed by atoms with Gasteiger partial charge in [-0.3, -0.25) is 4.90 Å². The van der Waals surface area contributed by atoms with Crippen molar-refractivity contribution in [2.45, 2.75) is 12.6 Å². The molecule has 6 nitrogen and oxygen atoms in total. The van der Waals surface area contributed by atoms with Gasteiger partial charge in [0.15, 0.2) is 0 Å². The molecule has 0 radical (unpaired) electrons. The number of nitrogens with one attached hydrogen (secondary N) is 1. The first-order chi connectivity index (χ1) is 12.8. The van der Waals surface area contributed by atoms with E-state index in [4.69, 9.17) is 4.74 Å². The number of rotatable bonds is 5. The van der Waals surface area contributed by atoms with Gasteiger partial charge in [-0.15, -0.1) is 12.4 Å². The lowest BCUT2D eigenvalue weighted by molar-refractivity contribution is 0.149. The minimum atomic E-state index is 0. The maximum Gasteiger partial charge on any atom is 0.123 e. The predicted molar refractivity (Wildman–Crippen MR) is 108 cm³/mol. The molecule has 2 heterocycles. The van der Waals surface area contributed by atoms with Gasteiger partial charge in [-0.05, 0) is 18.2 Å². The lowest BCUT2D eigenvalue weighted by atomic mass is 10.0. The van der Waals surface area contributed by atoms with Gasteiger partial charge >= 0.3 is 0 Å². The van der Waals surface area contributed by atoms with Gasteiger partial charge in [-0.25, -0.2) is 0 Å². The number of hydrogen-bond donors (Lipinski definition) is 1. The molecule has 0 spiro atoms. The van der Waals surface area contributed by atoms with E-state index >= 15 is 0 Å². The fourth-order valence-electron chi connectivity index (χ4n) is 3.44. The number of aromatic nitrogens is 3. The van der Waals surface area contributed by atoms with Crippen molar-refractivity contribution in [2.24, 2.45) is 0 Å². The summed E-state index contributed by atoms with van der Waals surface area (Å²) >= 11 is 0. The molecule has 1 aromatic heterocycles. The monoisotopic (exact) mass is 385 g/mol. The molecule has 0 bridgehead atoms. The zero-order valence-corrected chi connectivity index (χ0v) is 16.1. The first-order valence-electron chi connectivity index (χ1n) is 8.89. The van der Waals surface area contributed by atoms with E-state index in [0.29, 0.717) is 0 Å². The van der Waals surface area contributed by atoms with Crippen LogP contribution >= 0.6 is 12.4 Å². The van der Waals surface area contributed by atoms with Crippen LogP contribution in [0.25, 0.3) is 5.69 Å². The first kappa shape index (κ1) is 19.4. The summed E-state index contributed by atoms with van der Waals surface area (Å²) in [6.45, 7) is 3.59. The third-order valence-corrected chi connectivity index (χ3v) is 4.74. The summed E-state index contributed by atoms with van der Waals surface area (Å²) in [5.74, 6) is 0.930. The lowest BCUT2D eigenvalue weighted by Gasteiger charge is -2.36. The highest BCUT2D eigenvalue weighted by molar-refractivity contribution is 5.85. The summed E-state index contributed by atoms with van der Waals surface area (Å²) in [6, 6.07) is 18.5. The first-order valence-corrected chi connectivity index (χ1v) is 8.89. The summed E-state index contributed by atoms with van der Waals surface area (Å²) in [7, 11) is 1.73. The van der Waals surface area contributed by atoms with Gasteiger partial charge in [-0.1, -0.05) is 36.4 Å². The van der Waals surface area contributed by atoms with Crippen molar-refractivity contribution < 1.29 is 4.74 Å². The average Bonchev–Trinajstić information content (AvgIpc) is 3.18. The van der Waals surface area contributed by atoms with Crippen LogP contribution < -0.4 is 10.1 Å². The molecule has 4 rings (SSSR count). The quantitative estimate of drug-likeness (QED) is 0.732. The molecule has 0 amide bonds. The Labute approximate surface area is 165 Å². The molecule has 2 aromatic carbocycles. The summed E-state index contributed by atoms with van der Waals surface area (Å²) in [5, 5.41) is 12.6. The molecule has 27 heavy (non-hydrogen) atoms. The van der Waals surface area contributed by atoms with Crippen LogP contribution in [0.1, 0.15) is 17.3 Å². The van der Waals surface area contributed by atoms with Crippen LogP contribution in [-0.4, -0.2) is 46.6 Å². The molecule has 3 aromatic rings. The molecule has 142 valence electrons. The number of nitrogens with zero attached hydrogens (tertiary/aromatic N) is 4. The van der Waals surface area contributed by atoms with Crippen LogP contribution in [0.3, 0.4) is 0 Å². The summed E-state index contributed by atoms with van der Waals surface area (Å²) in [4.78, 5) is 4.13. The Kier molecular flexibility index (Phi) is 6.45. The molecule has 1 aliphatic heterocycles. The molecule has 1 atom stereocenters. The van der Waals surface area contributed by atoms with Crippen LogP contribution in [0.4, 0.5) is 0 Å². The van der Waals surface area contributed by atoms with Gasteiger partial charge < -0.3 is 10.1 Å². The highest BCUT2D eigenvalue weighted by Gasteiger charge is 2.26. The number of hydrogen-bond acceptors (Lipinski definition) is 5. The Morgan fingerprint density at radius 3 is 2.70 bits per heavy atom. The van der Waals surface area contributed by atoms with Gasteiger partial charge in [0.2, 0.25) is 0 Å². The van der Waals surface area contributed by atoms with Crippen molar-refractivity contribution >= 4 is 12.4 Å². The predicted octanol–water partition coefficient (Wildman–Crippen LogP) is 2.84. The van der Waals surface area contributed by atoms with E-state index in [9.17, 15) is 0 Å². The second-order valence-electron chi connectivity index (χ2n) is 6.39. The second kappa shape index (κ2) is 8.99. The Morgan fingerprint density at radius 1 is 1.11 bits per heavy atom. The summed E-state index contributed by atoms with van der Waals surface area (Å²) < 4.78 is 5.57. The smallest absolute Gasteiger partial charge is 0.123 e. The van der Waals surface area contributed by atoms with E-state index < -0.39 is 0 Å². The third kappa shape index (κ3) is 4.30. The highest BCUT2D eigenvalue weighted by atomic mass is 35.5. The number of methoxy groups -OCH3 is 1. The fourth-order valence-corrected chi connectivity index (χ4v) is 3.44. The zero-order valence-electron chi connectivity index (χ0n) is 15.3. The van der Waals surface area contributed by atoms with Gasteiger partial charge in [0.25, 0.3) is 0 Å². The molecule has 1 N–H and O–H groups in total. The van der Waals surface area contributed by atoms with Crippen molar-refractivity contribution in [1.29, 1.82) is 0 Å². The van der Waals surface area contributed by atoms with Gasteiger partial charge in [0.05, 0.1) is 30.7 Å². The van der Waals surface area contributed by atoms with Crippen molar-refractivity contribution in [3.8, 4) is 11.4 Å². The molecular weight excluding hydrogens is 362 g/mol. The minimum absolute atomic E-state index is 0. The Balaban J connectivity index is 0.00000210. The number of ether oxygens (including phenoxy) is 1. The molecule has 0 aliphatic carbocycles. The minimum Gasteiger partial charge on any atom is -0.496 e. The van der Waals surface area contributed by atoms with Crippen molar-refractivity contribution in [1.82, 2.24) is 25.2 Å². The van der Waals surface area contributed by atoms with E-state index in [1.807, 2.05) is 48.7 Å². The van der Waals surface area contributed by atoms with E-state index in [-0.39, 0.29) is 18.4 Å². The Hall–Kier alpha value is -2.41. The molecule has 1 fully saturated rings. The van der Waals surface area contributed by atoms with Gasteiger partial charge in [0.1, 0.15) is 5.75 Å². The number of benzene rings is 2. The Bertz CT molecular complexity index is 854. The van der Waals surface area contributed by atoms with Crippen LogP contribution in [-0.2, 0) is 6.54 Å². The van der Waals surface area contributed by atoms with E-state index in [2.05, 4.69) is 32.5 Å². The number of para-hydroxylation sites is 2. The van der Waals surface area contributed by atoms with E-state index in [0.717, 1.165) is 43.3 Å². The largest absolute Gasteiger partial charge is 0.496 e. The maximum absolute atomic E-state index is 5.57. The standard InChI is InChI=1S/C20H23N5O.ClH/c1-26-20-10-6-5-9-18(20)19-14-21-11-12-24(19)15-16-13-22-25(23-16)17-7-3-2-4-8-17;/h2-10,13,19,21H,11-12,14-15H2,1H3;1H. The van der Waals surface area contributed by atoms with Crippen molar-refractivity contribution in [2.75, 3.05) is 26.7 Å². The number of halogens is 1. The van der Waals surface area contributed by atoms with Crippen LogP contribution in [0, 0.1) is 0 Å². The average molecular weight is 386 g/mol. The third-order valence-electron chi connectivity index (χ3n) is 4.74. The number of piperazine rings is 1. The molecule has 1 unspecified atom stereocenters. The van der Waals surface area contributed by atoms with Crippen LogP contribution in [0.2, 0.25) is 0 Å². The highest BCUT2D eigenvalue weighted by Crippen LogP contribution is 2.30. The summed E-state index contributed by atoms with van der Waals surface area (Å²) in [6.07, 6.45) is 1.86. The van der Waals surface area contributed by atoms with Crippen LogP contribution in [0.5, 0.6) is 5.75 Å². The maximum atomic E-state index is 5.57. The van der Waals surface area contributed by atoms with E-state index in [1.54, 1.807) is 11.9 Å². The van der Waals surface area contributed by atoms with Crippen molar-refractivity contribution in [3.63, 3.8) is 0 Å². The van der Waals surface area contributed by atoms with Gasteiger partial charge in [-0.2, -0.15) is 15.0 Å². The SMILES string of the molecule is COc1ccccc1C1CNCCN1Cc1cnn(-c2ccccc2)n1.Cl. The fraction of sp³-hybridized carbons (Fsp3) is 0.300. The topological polar surface area (TPSA) is 55.2 Å². The normalized spacial score (nSPS) is 17.3. The molecule has 0 saturated carbocycles.